The van der Waals surface area contributed by atoms with E-state index < -0.39 is 0 Å². The number of hydrogen-bond donors (Lipinski definition) is 0. The Bertz CT molecular complexity index is 998. The zero-order valence-corrected chi connectivity index (χ0v) is 17.5. The fourth-order valence-electron chi connectivity index (χ4n) is 3.22. The number of methoxy groups -OCH3 is 3. The van der Waals surface area contributed by atoms with Crippen molar-refractivity contribution in [3.8, 4) is 39.9 Å². The van der Waals surface area contributed by atoms with E-state index in [1.54, 1.807) is 27.7 Å². The molecule has 152 valence electrons. The van der Waals surface area contributed by atoms with Crippen LogP contribution in [0.15, 0.2) is 41.6 Å². The molecule has 3 aromatic rings. The van der Waals surface area contributed by atoms with Gasteiger partial charge >= 0.3 is 0 Å². The predicted octanol–water partition coefficient (Wildman–Crippen LogP) is 4.30. The van der Waals surface area contributed by atoms with Gasteiger partial charge in [0, 0.05) is 11.1 Å². The van der Waals surface area contributed by atoms with Gasteiger partial charge in [-0.1, -0.05) is 35.0 Å². The third-order valence-electron chi connectivity index (χ3n) is 4.60. The number of imidazole rings is 1. The highest BCUT2D eigenvalue weighted by Crippen LogP contribution is 2.42. The minimum atomic E-state index is 0.534. The third-order valence-corrected chi connectivity index (χ3v) is 4.60. The van der Waals surface area contributed by atoms with Crippen molar-refractivity contribution >= 4 is 6.34 Å². The molecule has 0 aliphatic rings. The average molecular weight is 395 g/mol. The van der Waals surface area contributed by atoms with Crippen LogP contribution in [0.5, 0.6) is 17.2 Å². The molecule has 0 bridgehead atoms. The summed E-state index contributed by atoms with van der Waals surface area (Å²) in [7, 11) is 6.27. The molecular formula is C22H25N3O4. The van der Waals surface area contributed by atoms with Crippen LogP contribution in [0.3, 0.4) is 0 Å². The quantitative estimate of drug-likeness (QED) is 0.339. The summed E-state index contributed by atoms with van der Waals surface area (Å²) in [5.74, 6) is 2.42. The highest BCUT2D eigenvalue weighted by atomic mass is 16.6. The number of benzene rings is 2. The molecular weight excluding hydrogens is 370 g/mol. The van der Waals surface area contributed by atoms with Gasteiger partial charge in [-0.2, -0.15) is 0 Å². The molecule has 0 atom stereocenters. The molecule has 0 amide bonds. The number of hydrogen-bond acceptors (Lipinski definition) is 6. The lowest BCUT2D eigenvalue weighted by Crippen LogP contribution is -2.03. The summed E-state index contributed by atoms with van der Waals surface area (Å²) in [6, 6.07) is 12.0. The molecule has 0 saturated heterocycles. The molecule has 29 heavy (non-hydrogen) atoms. The summed E-state index contributed by atoms with van der Waals surface area (Å²) in [5, 5.41) is 3.97. The Kier molecular flexibility index (Phi) is 6.07. The molecule has 7 heteroatoms. The van der Waals surface area contributed by atoms with Gasteiger partial charge in [0.2, 0.25) is 5.75 Å². The highest BCUT2D eigenvalue weighted by Gasteiger charge is 2.21. The van der Waals surface area contributed by atoms with Crippen molar-refractivity contribution in [2.45, 2.75) is 13.8 Å². The summed E-state index contributed by atoms with van der Waals surface area (Å²) >= 11 is 0. The minimum Gasteiger partial charge on any atom is -0.493 e. The van der Waals surface area contributed by atoms with Crippen LogP contribution in [0.25, 0.3) is 22.6 Å². The first-order valence-corrected chi connectivity index (χ1v) is 9.06. The van der Waals surface area contributed by atoms with E-state index >= 15 is 0 Å². The second-order valence-electron chi connectivity index (χ2n) is 6.42. The van der Waals surface area contributed by atoms with E-state index in [0.717, 1.165) is 28.3 Å². The van der Waals surface area contributed by atoms with Gasteiger partial charge < -0.3 is 19.0 Å². The SMILES string of the molecule is CON=Cn1c(-c2ccc(C)cc2)nc(C)c1-c1cc(OC)c(OC)c(OC)c1. The van der Waals surface area contributed by atoms with Crippen LogP contribution in [0.4, 0.5) is 0 Å². The lowest BCUT2D eigenvalue weighted by molar-refractivity contribution is 0.214. The number of oxime groups is 1. The van der Waals surface area contributed by atoms with Gasteiger partial charge in [0.25, 0.3) is 0 Å². The molecule has 1 heterocycles. The molecule has 0 aliphatic carbocycles. The topological polar surface area (TPSA) is 67.1 Å². The molecule has 2 aromatic carbocycles. The molecule has 3 rings (SSSR count). The van der Waals surface area contributed by atoms with E-state index in [9.17, 15) is 0 Å². The molecule has 0 fully saturated rings. The zero-order valence-electron chi connectivity index (χ0n) is 17.5. The smallest absolute Gasteiger partial charge is 0.203 e. The Morgan fingerprint density at radius 1 is 0.862 bits per heavy atom. The predicted molar refractivity (Wildman–Crippen MR) is 113 cm³/mol. The van der Waals surface area contributed by atoms with Crippen molar-refractivity contribution in [2.24, 2.45) is 5.16 Å². The van der Waals surface area contributed by atoms with Crippen molar-refractivity contribution in [2.75, 3.05) is 28.4 Å². The fraction of sp³-hybridized carbons (Fsp3) is 0.273. The standard InChI is InChI=1S/C22H25N3O4/c1-14-7-9-16(10-8-14)22-24-15(2)20(25(22)13-23-29-6)17-11-18(26-3)21(28-5)19(12-17)27-4/h7-13H,1-6H3. The van der Waals surface area contributed by atoms with Crippen LogP contribution in [0.2, 0.25) is 0 Å². The zero-order chi connectivity index (χ0) is 21.0. The molecule has 0 radical (unpaired) electrons. The van der Waals surface area contributed by atoms with E-state index in [-0.39, 0.29) is 0 Å². The van der Waals surface area contributed by atoms with Gasteiger partial charge in [-0.05, 0) is 26.0 Å². The van der Waals surface area contributed by atoms with Crippen LogP contribution in [-0.4, -0.2) is 44.3 Å². The third kappa shape index (κ3) is 3.89. The Hall–Kier alpha value is -3.48. The molecule has 7 nitrogen and oxygen atoms in total. The largest absolute Gasteiger partial charge is 0.493 e. The van der Waals surface area contributed by atoms with E-state index in [1.807, 2.05) is 35.8 Å². The second-order valence-corrected chi connectivity index (χ2v) is 6.42. The molecule has 0 spiro atoms. The van der Waals surface area contributed by atoms with Gasteiger partial charge in [0.05, 0.1) is 32.7 Å². The Morgan fingerprint density at radius 3 is 2.00 bits per heavy atom. The van der Waals surface area contributed by atoms with E-state index in [0.29, 0.717) is 17.2 Å². The number of nitrogens with zero attached hydrogens (tertiary/aromatic N) is 3. The lowest BCUT2D eigenvalue weighted by atomic mass is 10.1. The van der Waals surface area contributed by atoms with Crippen LogP contribution in [0, 0.1) is 13.8 Å². The van der Waals surface area contributed by atoms with Crippen molar-refractivity contribution in [1.29, 1.82) is 0 Å². The van der Waals surface area contributed by atoms with Crippen LogP contribution in [0.1, 0.15) is 11.3 Å². The van der Waals surface area contributed by atoms with Crippen molar-refractivity contribution in [3.05, 3.63) is 47.7 Å². The van der Waals surface area contributed by atoms with Gasteiger partial charge in [0.15, 0.2) is 11.5 Å². The van der Waals surface area contributed by atoms with Crippen LogP contribution < -0.4 is 14.2 Å². The minimum absolute atomic E-state index is 0.534. The van der Waals surface area contributed by atoms with E-state index in [4.69, 9.17) is 24.0 Å². The average Bonchev–Trinajstić information content (AvgIpc) is 3.07. The van der Waals surface area contributed by atoms with Crippen molar-refractivity contribution in [1.82, 2.24) is 9.55 Å². The van der Waals surface area contributed by atoms with E-state index in [2.05, 4.69) is 24.2 Å². The first kappa shape index (κ1) is 20.3. The fourth-order valence-corrected chi connectivity index (χ4v) is 3.22. The lowest BCUT2D eigenvalue weighted by Gasteiger charge is -2.15. The molecule has 1 aromatic heterocycles. The summed E-state index contributed by atoms with van der Waals surface area (Å²) < 4.78 is 18.4. The van der Waals surface area contributed by atoms with E-state index in [1.165, 1.54) is 12.7 Å². The molecule has 0 unspecified atom stereocenters. The second kappa shape index (κ2) is 8.68. The maximum atomic E-state index is 5.51. The van der Waals surface area contributed by atoms with Gasteiger partial charge in [0.1, 0.15) is 19.3 Å². The maximum absolute atomic E-state index is 5.51. The van der Waals surface area contributed by atoms with Crippen molar-refractivity contribution in [3.63, 3.8) is 0 Å². The van der Waals surface area contributed by atoms with Crippen LogP contribution >= 0.6 is 0 Å². The van der Waals surface area contributed by atoms with Gasteiger partial charge in [-0.25, -0.2) is 4.98 Å². The first-order valence-electron chi connectivity index (χ1n) is 9.06. The Labute approximate surface area is 170 Å². The Balaban J connectivity index is 2.27. The molecule has 0 aliphatic heterocycles. The van der Waals surface area contributed by atoms with Gasteiger partial charge in [-0.15, -0.1) is 0 Å². The highest BCUT2D eigenvalue weighted by molar-refractivity contribution is 5.81. The summed E-state index contributed by atoms with van der Waals surface area (Å²) in [5.41, 5.74) is 4.68. The molecule has 0 N–H and O–H groups in total. The summed E-state index contributed by atoms with van der Waals surface area (Å²) in [6.45, 7) is 4.00. The number of rotatable bonds is 7. The van der Waals surface area contributed by atoms with Crippen LogP contribution in [-0.2, 0) is 4.84 Å². The number of ether oxygens (including phenoxy) is 3. The van der Waals surface area contributed by atoms with Crippen molar-refractivity contribution < 1.29 is 19.0 Å². The Morgan fingerprint density at radius 2 is 1.48 bits per heavy atom. The first-order chi connectivity index (χ1) is 14.0. The summed E-state index contributed by atoms with van der Waals surface area (Å²) in [6.07, 6.45) is 1.60. The van der Waals surface area contributed by atoms with Gasteiger partial charge in [-0.3, -0.25) is 4.57 Å². The number of aryl methyl sites for hydroxylation is 2. The number of aromatic nitrogens is 2. The summed E-state index contributed by atoms with van der Waals surface area (Å²) in [4.78, 5) is 9.73. The monoisotopic (exact) mass is 395 g/mol. The maximum Gasteiger partial charge on any atom is 0.203 e. The normalized spacial score (nSPS) is 11.0. The molecule has 0 saturated carbocycles.